The number of aliphatic carboxylic acids is 1. The SMILES string of the molecule is Cn1cc(CC(C)(C(N)=O)C(=O)O)cn1. The third kappa shape index (κ3) is 2.15. The van der Waals surface area contributed by atoms with Crippen LogP contribution in [0.25, 0.3) is 0 Å². The van der Waals surface area contributed by atoms with E-state index in [4.69, 9.17) is 10.8 Å². The molecule has 0 aliphatic carbocycles. The number of hydrogen-bond acceptors (Lipinski definition) is 3. The van der Waals surface area contributed by atoms with Crippen LogP contribution in [0.3, 0.4) is 0 Å². The molecule has 0 radical (unpaired) electrons. The molecule has 1 aromatic heterocycles. The van der Waals surface area contributed by atoms with Crippen molar-refractivity contribution < 1.29 is 14.7 Å². The molecule has 0 aliphatic rings. The number of nitrogens with zero attached hydrogens (tertiary/aromatic N) is 2. The molecular formula is C9H13N3O3. The topological polar surface area (TPSA) is 98.2 Å². The standard InChI is InChI=1S/C9H13N3O3/c1-9(7(10)13,8(14)15)3-6-4-11-12(2)5-6/h4-5H,3H2,1-2H3,(H2,10,13)(H,14,15). The molecule has 0 fully saturated rings. The van der Waals surface area contributed by atoms with Crippen LogP contribution < -0.4 is 5.73 Å². The molecule has 6 heteroatoms. The number of nitrogens with two attached hydrogens (primary N) is 1. The molecule has 1 rings (SSSR count). The number of amides is 1. The Morgan fingerprint density at radius 2 is 2.27 bits per heavy atom. The van der Waals surface area contributed by atoms with E-state index in [1.807, 2.05) is 0 Å². The number of carboxylic acid groups (broad SMARTS) is 1. The molecule has 1 atom stereocenters. The van der Waals surface area contributed by atoms with Gasteiger partial charge in [0.05, 0.1) is 6.20 Å². The minimum absolute atomic E-state index is 0.0471. The maximum Gasteiger partial charge on any atom is 0.319 e. The van der Waals surface area contributed by atoms with Gasteiger partial charge in [0.15, 0.2) is 0 Å². The second-order valence-electron chi connectivity index (χ2n) is 3.70. The Morgan fingerprint density at radius 1 is 1.67 bits per heavy atom. The van der Waals surface area contributed by atoms with Gasteiger partial charge in [0.2, 0.25) is 5.91 Å². The van der Waals surface area contributed by atoms with E-state index in [1.165, 1.54) is 13.1 Å². The van der Waals surface area contributed by atoms with Crippen LogP contribution in [0.15, 0.2) is 12.4 Å². The lowest BCUT2D eigenvalue weighted by molar-refractivity contribution is -0.153. The molecule has 0 aliphatic heterocycles. The first kappa shape index (κ1) is 11.2. The van der Waals surface area contributed by atoms with Crippen LogP contribution in [0, 0.1) is 5.41 Å². The molecule has 15 heavy (non-hydrogen) atoms. The lowest BCUT2D eigenvalue weighted by Crippen LogP contribution is -2.43. The minimum atomic E-state index is -1.58. The predicted molar refractivity (Wildman–Crippen MR) is 51.8 cm³/mol. The highest BCUT2D eigenvalue weighted by Gasteiger charge is 2.39. The lowest BCUT2D eigenvalue weighted by Gasteiger charge is -2.19. The van der Waals surface area contributed by atoms with Crippen LogP contribution >= 0.6 is 0 Å². The van der Waals surface area contributed by atoms with Crippen LogP contribution in [0.4, 0.5) is 0 Å². The Balaban J connectivity index is 2.94. The third-order valence-electron chi connectivity index (χ3n) is 2.33. The number of rotatable bonds is 4. The first-order valence-electron chi connectivity index (χ1n) is 4.37. The van der Waals surface area contributed by atoms with Crippen molar-refractivity contribution in [1.82, 2.24) is 9.78 Å². The predicted octanol–water partition coefficient (Wildman–Crippen LogP) is -0.461. The maximum atomic E-state index is 11.1. The average molecular weight is 211 g/mol. The van der Waals surface area contributed by atoms with Gasteiger partial charge in [-0.1, -0.05) is 0 Å². The summed E-state index contributed by atoms with van der Waals surface area (Å²) >= 11 is 0. The summed E-state index contributed by atoms with van der Waals surface area (Å²) in [6.45, 7) is 1.31. The van der Waals surface area contributed by atoms with Gasteiger partial charge in [0.1, 0.15) is 5.41 Å². The van der Waals surface area contributed by atoms with Crippen LogP contribution in [-0.2, 0) is 23.1 Å². The molecule has 1 heterocycles. The Labute approximate surface area is 86.7 Å². The zero-order valence-corrected chi connectivity index (χ0v) is 8.60. The quantitative estimate of drug-likeness (QED) is 0.658. The van der Waals surface area contributed by atoms with Crippen LogP contribution in [0.1, 0.15) is 12.5 Å². The van der Waals surface area contributed by atoms with E-state index in [2.05, 4.69) is 5.10 Å². The Morgan fingerprint density at radius 3 is 2.60 bits per heavy atom. The van der Waals surface area contributed by atoms with Gasteiger partial charge in [0, 0.05) is 19.7 Å². The Bertz CT molecular complexity index is 383. The molecule has 1 unspecified atom stereocenters. The van der Waals surface area contributed by atoms with Gasteiger partial charge in [-0.25, -0.2) is 0 Å². The summed E-state index contributed by atoms with van der Waals surface area (Å²) in [5.41, 5.74) is 4.17. The van der Waals surface area contributed by atoms with Gasteiger partial charge >= 0.3 is 5.97 Å². The molecule has 0 saturated heterocycles. The fraction of sp³-hybridized carbons (Fsp3) is 0.444. The van der Waals surface area contributed by atoms with E-state index < -0.39 is 17.3 Å². The summed E-state index contributed by atoms with van der Waals surface area (Å²) in [5, 5.41) is 12.8. The van der Waals surface area contributed by atoms with Gasteiger partial charge in [-0.05, 0) is 12.5 Å². The van der Waals surface area contributed by atoms with E-state index >= 15 is 0 Å². The number of carboxylic acids is 1. The fourth-order valence-electron chi connectivity index (χ4n) is 1.24. The van der Waals surface area contributed by atoms with Crippen LogP contribution in [0.2, 0.25) is 0 Å². The summed E-state index contributed by atoms with van der Waals surface area (Å²) in [6.07, 6.45) is 3.22. The molecule has 6 nitrogen and oxygen atoms in total. The van der Waals surface area contributed by atoms with E-state index in [0.29, 0.717) is 5.56 Å². The highest BCUT2D eigenvalue weighted by atomic mass is 16.4. The molecule has 1 amide bonds. The molecule has 82 valence electrons. The maximum absolute atomic E-state index is 11.1. The van der Waals surface area contributed by atoms with Crippen molar-refractivity contribution >= 4 is 11.9 Å². The van der Waals surface area contributed by atoms with Gasteiger partial charge < -0.3 is 10.8 Å². The number of aromatic nitrogens is 2. The Kier molecular flexibility index (Phi) is 2.78. The van der Waals surface area contributed by atoms with Gasteiger partial charge in [-0.3, -0.25) is 14.3 Å². The monoisotopic (exact) mass is 211 g/mol. The number of aryl methyl sites for hydroxylation is 1. The van der Waals surface area contributed by atoms with Crippen LogP contribution in [-0.4, -0.2) is 26.8 Å². The number of carbonyl (C=O) groups is 2. The van der Waals surface area contributed by atoms with Gasteiger partial charge in [-0.2, -0.15) is 5.10 Å². The number of hydrogen-bond donors (Lipinski definition) is 2. The first-order valence-corrected chi connectivity index (χ1v) is 4.37. The minimum Gasteiger partial charge on any atom is -0.480 e. The van der Waals surface area contributed by atoms with E-state index in [9.17, 15) is 9.59 Å². The van der Waals surface area contributed by atoms with Gasteiger partial charge in [0.25, 0.3) is 0 Å². The van der Waals surface area contributed by atoms with Crippen molar-refractivity contribution in [2.45, 2.75) is 13.3 Å². The third-order valence-corrected chi connectivity index (χ3v) is 2.33. The molecule has 0 bridgehead atoms. The molecule has 0 saturated carbocycles. The second-order valence-corrected chi connectivity index (χ2v) is 3.70. The fourth-order valence-corrected chi connectivity index (χ4v) is 1.24. The average Bonchev–Trinajstić information content (AvgIpc) is 2.50. The Hall–Kier alpha value is -1.85. The summed E-state index contributed by atoms with van der Waals surface area (Å²) in [4.78, 5) is 22.0. The van der Waals surface area contributed by atoms with E-state index in [1.54, 1.807) is 17.9 Å². The van der Waals surface area contributed by atoms with Crippen molar-refractivity contribution in [3.05, 3.63) is 18.0 Å². The van der Waals surface area contributed by atoms with Crippen molar-refractivity contribution in [1.29, 1.82) is 0 Å². The van der Waals surface area contributed by atoms with Crippen molar-refractivity contribution in [2.24, 2.45) is 18.2 Å². The number of carbonyl (C=O) groups excluding carboxylic acids is 1. The summed E-state index contributed by atoms with van der Waals surface area (Å²) in [7, 11) is 1.71. The first-order chi connectivity index (χ1) is 6.86. The summed E-state index contributed by atoms with van der Waals surface area (Å²) in [6, 6.07) is 0. The zero-order valence-electron chi connectivity index (χ0n) is 8.60. The summed E-state index contributed by atoms with van der Waals surface area (Å²) < 4.78 is 1.54. The summed E-state index contributed by atoms with van der Waals surface area (Å²) in [5.74, 6) is -2.07. The zero-order chi connectivity index (χ0) is 11.6. The van der Waals surface area contributed by atoms with E-state index in [0.717, 1.165) is 0 Å². The van der Waals surface area contributed by atoms with Crippen molar-refractivity contribution in [2.75, 3.05) is 0 Å². The highest BCUT2D eigenvalue weighted by molar-refractivity contribution is 6.00. The smallest absolute Gasteiger partial charge is 0.319 e. The van der Waals surface area contributed by atoms with Crippen molar-refractivity contribution in [3.63, 3.8) is 0 Å². The highest BCUT2D eigenvalue weighted by Crippen LogP contribution is 2.22. The second kappa shape index (κ2) is 3.72. The van der Waals surface area contributed by atoms with Crippen molar-refractivity contribution in [3.8, 4) is 0 Å². The molecule has 1 aromatic rings. The molecule has 0 aromatic carbocycles. The largest absolute Gasteiger partial charge is 0.480 e. The molecule has 3 N–H and O–H groups in total. The molecule has 0 spiro atoms. The number of primary amides is 1. The lowest BCUT2D eigenvalue weighted by atomic mass is 9.84. The van der Waals surface area contributed by atoms with E-state index in [-0.39, 0.29) is 6.42 Å². The normalized spacial score (nSPS) is 14.5. The molecular weight excluding hydrogens is 198 g/mol. The van der Waals surface area contributed by atoms with Gasteiger partial charge in [-0.15, -0.1) is 0 Å². The van der Waals surface area contributed by atoms with Crippen LogP contribution in [0.5, 0.6) is 0 Å².